The predicted molar refractivity (Wildman–Crippen MR) is 147 cm³/mol. The molecule has 0 spiro atoms. The first-order valence-corrected chi connectivity index (χ1v) is 14.3. The first-order chi connectivity index (χ1) is 17.9. The predicted octanol–water partition coefficient (Wildman–Crippen LogP) is 6.11. The van der Waals surface area contributed by atoms with E-state index in [0.29, 0.717) is 38.9 Å². The van der Waals surface area contributed by atoms with Gasteiger partial charge in [0.05, 0.1) is 22.9 Å². The van der Waals surface area contributed by atoms with Crippen LogP contribution in [0.1, 0.15) is 59.4 Å². The van der Waals surface area contributed by atoms with Gasteiger partial charge in [-0.1, -0.05) is 41.6 Å². The number of hydrogen-bond acceptors (Lipinski definition) is 8. The Bertz CT molecular complexity index is 1290. The lowest BCUT2D eigenvalue weighted by Crippen LogP contribution is -2.17. The van der Waals surface area contributed by atoms with E-state index in [2.05, 4.69) is 22.1 Å². The summed E-state index contributed by atoms with van der Waals surface area (Å²) in [4.78, 5) is 26.7. The molecule has 11 heteroatoms. The maximum atomic E-state index is 12.9. The number of ether oxygens (including phenoxy) is 2. The standard InChI is InChI=1S/C26H29ClN4O4S2/c1-4-14-31-23(16(3)35-19-12-8-7-11-18(19)27)29-30-26(31)36-15-21(32)28-24-22(25(33)34-5-2)17-10-6-9-13-20(17)37-24/h4,7-8,11-12,16H,1,5-6,9-10,13-15H2,2-3H3,(H,28,32). The zero-order valence-electron chi connectivity index (χ0n) is 20.8. The van der Waals surface area contributed by atoms with Gasteiger partial charge in [0.15, 0.2) is 17.1 Å². The summed E-state index contributed by atoms with van der Waals surface area (Å²) < 4.78 is 13.2. The summed E-state index contributed by atoms with van der Waals surface area (Å²) in [5, 5.41) is 13.2. The number of carbonyl (C=O) groups is 2. The van der Waals surface area contributed by atoms with Gasteiger partial charge in [-0.05, 0) is 57.2 Å². The molecule has 37 heavy (non-hydrogen) atoms. The number of nitrogens with zero attached hydrogens (tertiary/aromatic N) is 3. The average molecular weight is 561 g/mol. The highest BCUT2D eigenvalue weighted by atomic mass is 35.5. The number of rotatable bonds is 11. The Morgan fingerprint density at radius 2 is 2.08 bits per heavy atom. The number of halogens is 1. The van der Waals surface area contributed by atoms with Crippen LogP contribution in [-0.2, 0) is 28.9 Å². The van der Waals surface area contributed by atoms with Gasteiger partial charge in [-0.2, -0.15) is 0 Å². The number of allylic oxidation sites excluding steroid dienone is 1. The Kier molecular flexibility index (Phi) is 9.28. The van der Waals surface area contributed by atoms with Crippen LogP contribution in [0.2, 0.25) is 5.02 Å². The van der Waals surface area contributed by atoms with E-state index in [9.17, 15) is 9.59 Å². The summed E-state index contributed by atoms with van der Waals surface area (Å²) in [7, 11) is 0. The molecule has 0 saturated carbocycles. The van der Waals surface area contributed by atoms with Crippen molar-refractivity contribution in [2.75, 3.05) is 17.7 Å². The van der Waals surface area contributed by atoms with Gasteiger partial charge >= 0.3 is 5.97 Å². The van der Waals surface area contributed by atoms with E-state index in [4.69, 9.17) is 21.1 Å². The number of para-hydroxylation sites is 1. The van der Waals surface area contributed by atoms with Crippen molar-refractivity contribution in [2.45, 2.75) is 57.3 Å². The molecule has 0 fully saturated rings. The Hall–Kier alpha value is -2.82. The molecule has 0 aliphatic heterocycles. The van der Waals surface area contributed by atoms with Gasteiger partial charge in [0.1, 0.15) is 10.8 Å². The molecule has 1 N–H and O–H groups in total. The normalized spacial score (nSPS) is 13.5. The molecule has 1 aliphatic carbocycles. The fourth-order valence-corrected chi connectivity index (χ4v) is 6.39. The number of esters is 1. The minimum Gasteiger partial charge on any atom is -0.481 e. The van der Waals surface area contributed by atoms with E-state index < -0.39 is 6.10 Å². The number of hydrogen-bond donors (Lipinski definition) is 1. The number of thiophene rings is 1. The van der Waals surface area contributed by atoms with E-state index in [1.165, 1.54) is 23.1 Å². The fraction of sp³-hybridized carbons (Fsp3) is 0.385. The zero-order valence-corrected chi connectivity index (χ0v) is 23.2. The van der Waals surface area contributed by atoms with E-state index in [1.54, 1.807) is 25.1 Å². The van der Waals surface area contributed by atoms with Gasteiger partial charge in [0.2, 0.25) is 5.91 Å². The monoisotopic (exact) mass is 560 g/mol. The highest BCUT2D eigenvalue weighted by Crippen LogP contribution is 2.39. The van der Waals surface area contributed by atoms with Crippen LogP contribution in [0.25, 0.3) is 0 Å². The quantitative estimate of drug-likeness (QED) is 0.172. The Balaban J connectivity index is 1.46. The maximum absolute atomic E-state index is 12.9. The van der Waals surface area contributed by atoms with Crippen LogP contribution >= 0.6 is 34.7 Å². The minimum atomic E-state index is -0.430. The molecule has 3 aromatic rings. The van der Waals surface area contributed by atoms with Crippen LogP contribution in [0.5, 0.6) is 5.75 Å². The molecule has 0 saturated heterocycles. The molecule has 0 radical (unpaired) electrons. The lowest BCUT2D eigenvalue weighted by molar-refractivity contribution is -0.113. The number of benzene rings is 1. The van der Waals surface area contributed by atoms with Gasteiger partial charge in [0.25, 0.3) is 0 Å². The number of aromatic nitrogens is 3. The van der Waals surface area contributed by atoms with E-state index >= 15 is 0 Å². The number of fused-ring (bicyclic) bond motifs is 1. The van der Waals surface area contributed by atoms with E-state index in [0.717, 1.165) is 36.1 Å². The molecule has 8 nitrogen and oxygen atoms in total. The number of carbonyl (C=O) groups excluding carboxylic acids is 2. The van der Waals surface area contributed by atoms with Crippen molar-refractivity contribution in [1.82, 2.24) is 14.8 Å². The Morgan fingerprint density at radius 3 is 2.84 bits per heavy atom. The number of aryl methyl sites for hydroxylation is 1. The molecule has 1 amide bonds. The number of anilines is 1. The second-order valence-corrected chi connectivity index (χ2v) is 10.9. The van der Waals surface area contributed by atoms with Crippen molar-refractivity contribution in [1.29, 1.82) is 0 Å². The molecule has 196 valence electrons. The van der Waals surface area contributed by atoms with Crippen LogP contribution in [0.15, 0.2) is 42.1 Å². The largest absolute Gasteiger partial charge is 0.481 e. The van der Waals surface area contributed by atoms with Gasteiger partial charge in [-0.15, -0.1) is 28.1 Å². The fourth-order valence-electron chi connectivity index (χ4n) is 4.16. The SMILES string of the molecule is C=CCn1c(SCC(=O)Nc2sc3c(c2C(=O)OCC)CCCC3)nnc1C(C)Oc1ccccc1Cl. The summed E-state index contributed by atoms with van der Waals surface area (Å²) >= 11 is 8.96. The van der Waals surface area contributed by atoms with Crippen molar-refractivity contribution in [2.24, 2.45) is 0 Å². The van der Waals surface area contributed by atoms with Crippen molar-refractivity contribution in [3.05, 3.63) is 63.8 Å². The second kappa shape index (κ2) is 12.6. The molecule has 1 aromatic carbocycles. The van der Waals surface area contributed by atoms with Crippen LogP contribution in [0, 0.1) is 0 Å². The Labute approximate surface area is 229 Å². The van der Waals surface area contributed by atoms with Gasteiger partial charge in [-0.25, -0.2) is 4.79 Å². The highest BCUT2D eigenvalue weighted by Gasteiger charge is 2.27. The van der Waals surface area contributed by atoms with Gasteiger partial charge < -0.3 is 14.8 Å². The third kappa shape index (κ3) is 6.37. The molecule has 1 atom stereocenters. The molecule has 2 aromatic heterocycles. The summed E-state index contributed by atoms with van der Waals surface area (Å²) in [6.45, 7) is 8.21. The van der Waals surface area contributed by atoms with Crippen molar-refractivity contribution < 1.29 is 19.1 Å². The topological polar surface area (TPSA) is 95.3 Å². The van der Waals surface area contributed by atoms with Crippen LogP contribution in [-0.4, -0.2) is 39.0 Å². The van der Waals surface area contributed by atoms with Gasteiger partial charge in [0, 0.05) is 11.4 Å². The number of nitrogens with one attached hydrogen (secondary N) is 1. The Morgan fingerprint density at radius 1 is 1.30 bits per heavy atom. The third-order valence-electron chi connectivity index (χ3n) is 5.80. The summed E-state index contributed by atoms with van der Waals surface area (Å²) in [6, 6.07) is 7.23. The smallest absolute Gasteiger partial charge is 0.341 e. The second-order valence-electron chi connectivity index (χ2n) is 8.40. The van der Waals surface area contributed by atoms with Crippen LogP contribution in [0.4, 0.5) is 5.00 Å². The first kappa shape index (κ1) is 27.2. The molecule has 1 unspecified atom stereocenters. The summed E-state index contributed by atoms with van der Waals surface area (Å²) in [6.07, 6.45) is 5.16. The van der Waals surface area contributed by atoms with Gasteiger partial charge in [-0.3, -0.25) is 9.36 Å². The molecular weight excluding hydrogens is 532 g/mol. The third-order valence-corrected chi connectivity index (χ3v) is 8.28. The van der Waals surface area contributed by atoms with E-state index in [-0.39, 0.29) is 24.2 Å². The summed E-state index contributed by atoms with van der Waals surface area (Å²) in [5.41, 5.74) is 1.52. The first-order valence-electron chi connectivity index (χ1n) is 12.1. The highest BCUT2D eigenvalue weighted by molar-refractivity contribution is 7.99. The van der Waals surface area contributed by atoms with Crippen LogP contribution in [0.3, 0.4) is 0 Å². The number of thioether (sulfide) groups is 1. The van der Waals surface area contributed by atoms with Crippen molar-refractivity contribution in [3.63, 3.8) is 0 Å². The molecule has 0 bridgehead atoms. The molecule has 2 heterocycles. The lowest BCUT2D eigenvalue weighted by Gasteiger charge is -2.16. The summed E-state index contributed by atoms with van der Waals surface area (Å²) in [5.74, 6) is 0.629. The van der Waals surface area contributed by atoms with Crippen molar-refractivity contribution >= 4 is 51.6 Å². The maximum Gasteiger partial charge on any atom is 0.341 e. The average Bonchev–Trinajstić information content (AvgIpc) is 3.45. The lowest BCUT2D eigenvalue weighted by atomic mass is 9.95. The number of amides is 1. The molecule has 4 rings (SSSR count). The van der Waals surface area contributed by atoms with Crippen LogP contribution < -0.4 is 10.1 Å². The van der Waals surface area contributed by atoms with Crippen molar-refractivity contribution in [3.8, 4) is 5.75 Å². The minimum absolute atomic E-state index is 0.0971. The zero-order chi connectivity index (χ0) is 26.4. The molecular formula is C26H29ClN4O4S2. The van der Waals surface area contributed by atoms with E-state index in [1.807, 2.05) is 23.6 Å². The molecule has 1 aliphatic rings.